The Morgan fingerprint density at radius 1 is 0.920 bits per heavy atom. The van der Waals surface area contributed by atoms with Crippen molar-refractivity contribution in [2.45, 2.75) is 11.2 Å². The maximum Gasteiger partial charge on any atom is 0.139 e. The number of hydrogen-bond acceptors (Lipinski definition) is 1. The highest BCUT2D eigenvalue weighted by atomic mass is 79.9. The lowest BCUT2D eigenvalue weighted by Crippen LogP contribution is -2.04. The summed E-state index contributed by atoms with van der Waals surface area (Å²) in [7, 11) is 0. The lowest BCUT2D eigenvalue weighted by molar-refractivity contribution is 1.05. The predicted molar refractivity (Wildman–Crippen MR) is 110 cm³/mol. The molecule has 1 atom stereocenters. The average Bonchev–Trinajstić information content (AvgIpc) is 2.96. The van der Waals surface area contributed by atoms with Crippen molar-refractivity contribution in [3.63, 3.8) is 0 Å². The van der Waals surface area contributed by atoms with Crippen molar-refractivity contribution < 1.29 is 0 Å². The van der Waals surface area contributed by atoms with E-state index in [9.17, 15) is 0 Å². The molecule has 0 bridgehead atoms. The van der Waals surface area contributed by atoms with Gasteiger partial charge in [-0.25, -0.2) is 4.98 Å². The Hall–Kier alpha value is -2.10. The Morgan fingerprint density at radius 2 is 1.56 bits per heavy atom. The molecule has 0 aliphatic heterocycles. The molecule has 1 aliphatic rings. The largest absolute Gasteiger partial charge is 0.338 e. The average molecular weight is 412 g/mol. The van der Waals surface area contributed by atoms with E-state index in [-0.39, 0.29) is 4.32 Å². The fourth-order valence-electron chi connectivity index (χ4n) is 2.93. The van der Waals surface area contributed by atoms with E-state index in [0.29, 0.717) is 0 Å². The van der Waals surface area contributed by atoms with Gasteiger partial charge in [0.2, 0.25) is 0 Å². The molecular formula is C21H16BrClN2. The number of rotatable bonds is 2. The van der Waals surface area contributed by atoms with Crippen LogP contribution in [-0.4, -0.2) is 14.3 Å². The fraction of sp³-hybridized carbons (Fsp3) is 0.0952. The van der Waals surface area contributed by atoms with Gasteiger partial charge in [-0.05, 0) is 30.7 Å². The number of fused-ring (bicyclic) bond motifs is 1. The maximum atomic E-state index is 6.41. The third-order valence-corrected chi connectivity index (χ3v) is 5.11. The highest BCUT2D eigenvalue weighted by Gasteiger charge is 2.18. The maximum absolute atomic E-state index is 6.41. The SMILES string of the molecule is CC1(Br)C=Cc2nc(-c3ccccc3-c3ccccc3Cl)[nH]c2C=C1. The van der Waals surface area contributed by atoms with Crippen LogP contribution >= 0.6 is 27.5 Å². The van der Waals surface area contributed by atoms with Crippen LogP contribution in [0.2, 0.25) is 5.02 Å². The number of imidazole rings is 1. The molecule has 0 saturated carbocycles. The number of H-pyrrole nitrogens is 1. The molecule has 2 aromatic carbocycles. The van der Waals surface area contributed by atoms with Gasteiger partial charge in [-0.15, -0.1) is 0 Å². The summed E-state index contributed by atoms with van der Waals surface area (Å²) in [6, 6.07) is 16.1. The Morgan fingerprint density at radius 3 is 2.32 bits per heavy atom. The molecule has 1 unspecified atom stereocenters. The molecule has 0 radical (unpaired) electrons. The number of hydrogen-bond donors (Lipinski definition) is 1. The van der Waals surface area contributed by atoms with Crippen LogP contribution in [0.3, 0.4) is 0 Å². The van der Waals surface area contributed by atoms with Crippen LogP contribution in [0.15, 0.2) is 60.7 Å². The van der Waals surface area contributed by atoms with Crippen LogP contribution < -0.4 is 0 Å². The minimum absolute atomic E-state index is 0.149. The number of nitrogens with zero attached hydrogens (tertiary/aromatic N) is 1. The van der Waals surface area contributed by atoms with Crippen LogP contribution in [0.5, 0.6) is 0 Å². The smallest absolute Gasteiger partial charge is 0.139 e. The second-order valence-corrected chi connectivity index (χ2v) is 8.34. The number of nitrogens with one attached hydrogen (secondary N) is 1. The molecule has 0 saturated heterocycles. The van der Waals surface area contributed by atoms with E-state index >= 15 is 0 Å². The minimum Gasteiger partial charge on any atom is -0.338 e. The van der Waals surface area contributed by atoms with Crippen molar-refractivity contribution in [3.8, 4) is 22.5 Å². The third kappa shape index (κ3) is 3.22. The molecule has 25 heavy (non-hydrogen) atoms. The molecule has 124 valence electrons. The zero-order valence-corrected chi connectivity index (χ0v) is 16.0. The Balaban J connectivity index is 1.84. The molecule has 4 heteroatoms. The molecule has 2 nitrogen and oxygen atoms in total. The molecule has 1 aliphatic carbocycles. The van der Waals surface area contributed by atoms with Crippen molar-refractivity contribution >= 4 is 39.7 Å². The summed E-state index contributed by atoms with van der Waals surface area (Å²) in [5, 5.41) is 0.734. The van der Waals surface area contributed by atoms with Gasteiger partial charge in [-0.1, -0.05) is 82.1 Å². The monoisotopic (exact) mass is 410 g/mol. The number of halogens is 2. The highest BCUT2D eigenvalue weighted by Crippen LogP contribution is 2.36. The van der Waals surface area contributed by atoms with Crippen molar-refractivity contribution in [3.05, 3.63) is 77.1 Å². The first-order valence-corrected chi connectivity index (χ1v) is 9.22. The summed E-state index contributed by atoms with van der Waals surface area (Å²) in [6.07, 6.45) is 8.32. The zero-order chi connectivity index (χ0) is 17.4. The number of aromatic nitrogens is 2. The van der Waals surface area contributed by atoms with E-state index in [1.54, 1.807) is 0 Å². The van der Waals surface area contributed by atoms with E-state index in [1.165, 1.54) is 0 Å². The Bertz CT molecular complexity index is 965. The topological polar surface area (TPSA) is 28.7 Å². The lowest BCUT2D eigenvalue weighted by Gasteiger charge is -2.10. The first kappa shape index (κ1) is 16.4. The van der Waals surface area contributed by atoms with Crippen molar-refractivity contribution in [1.82, 2.24) is 9.97 Å². The summed E-state index contributed by atoms with van der Waals surface area (Å²) in [6.45, 7) is 2.10. The molecule has 3 aromatic rings. The van der Waals surface area contributed by atoms with Crippen molar-refractivity contribution in [2.24, 2.45) is 0 Å². The van der Waals surface area contributed by atoms with Gasteiger partial charge in [0.15, 0.2) is 0 Å². The van der Waals surface area contributed by atoms with Gasteiger partial charge in [0.1, 0.15) is 5.82 Å². The Kier molecular flexibility index (Phi) is 4.14. The second-order valence-electron chi connectivity index (χ2n) is 6.23. The predicted octanol–water partition coefficient (Wildman–Crippen LogP) is 6.59. The minimum atomic E-state index is -0.149. The standard InChI is InChI=1S/C21H16BrClN2/c1-21(22)12-10-18-19(11-13-21)25-20(24-18)16-8-3-2-6-14(16)15-7-4-5-9-17(15)23/h2-13H,1H3,(H,24,25). The van der Waals surface area contributed by atoms with Crippen LogP contribution in [0, 0.1) is 0 Å². The summed E-state index contributed by atoms with van der Waals surface area (Å²) in [4.78, 5) is 8.25. The molecule has 1 N–H and O–H groups in total. The summed E-state index contributed by atoms with van der Waals surface area (Å²) in [5.74, 6) is 0.841. The number of aromatic amines is 1. The number of alkyl halides is 1. The van der Waals surface area contributed by atoms with Crippen LogP contribution in [-0.2, 0) is 0 Å². The highest BCUT2D eigenvalue weighted by molar-refractivity contribution is 9.10. The second kappa shape index (κ2) is 6.32. The van der Waals surface area contributed by atoms with Crippen molar-refractivity contribution in [1.29, 1.82) is 0 Å². The molecule has 0 fully saturated rings. The van der Waals surface area contributed by atoms with Gasteiger partial charge in [0.25, 0.3) is 0 Å². The lowest BCUT2D eigenvalue weighted by atomic mass is 9.99. The van der Waals surface area contributed by atoms with Crippen molar-refractivity contribution in [2.75, 3.05) is 0 Å². The normalized spacial score (nSPS) is 15.0. The fourth-order valence-corrected chi connectivity index (χ4v) is 3.43. The first-order valence-electron chi connectivity index (χ1n) is 8.05. The van der Waals surface area contributed by atoms with Gasteiger partial charge in [-0.2, -0.15) is 0 Å². The zero-order valence-electron chi connectivity index (χ0n) is 13.6. The summed E-state index contributed by atoms with van der Waals surface area (Å²) in [5.41, 5.74) is 5.04. The van der Waals surface area contributed by atoms with Gasteiger partial charge in [-0.3, -0.25) is 0 Å². The molecule has 4 rings (SSSR count). The van der Waals surface area contributed by atoms with Gasteiger partial charge in [0.05, 0.1) is 15.7 Å². The Labute approximate surface area is 160 Å². The molecule has 1 heterocycles. The number of allylic oxidation sites excluding steroid dienone is 2. The van der Waals surface area contributed by atoms with E-state index in [2.05, 4.69) is 58.2 Å². The molecule has 0 amide bonds. The van der Waals surface area contributed by atoms with E-state index in [0.717, 1.165) is 38.9 Å². The molecule has 0 spiro atoms. The van der Waals surface area contributed by atoms with Crippen LogP contribution in [0.1, 0.15) is 18.3 Å². The van der Waals surface area contributed by atoms with Crippen LogP contribution in [0.25, 0.3) is 34.7 Å². The number of benzene rings is 2. The van der Waals surface area contributed by atoms with Gasteiger partial charge >= 0.3 is 0 Å². The quantitative estimate of drug-likeness (QED) is 0.473. The third-order valence-electron chi connectivity index (χ3n) is 4.25. The van der Waals surface area contributed by atoms with Gasteiger partial charge < -0.3 is 4.98 Å². The molecular weight excluding hydrogens is 396 g/mol. The first-order chi connectivity index (χ1) is 12.0. The van der Waals surface area contributed by atoms with E-state index < -0.39 is 0 Å². The van der Waals surface area contributed by atoms with E-state index in [1.807, 2.05) is 42.5 Å². The summed E-state index contributed by atoms with van der Waals surface area (Å²) >= 11 is 10.1. The van der Waals surface area contributed by atoms with E-state index in [4.69, 9.17) is 16.6 Å². The van der Waals surface area contributed by atoms with Gasteiger partial charge in [0, 0.05) is 16.1 Å². The molecule has 1 aromatic heterocycles. The summed E-state index contributed by atoms with van der Waals surface area (Å²) < 4.78 is -0.149. The van der Waals surface area contributed by atoms with Crippen LogP contribution in [0.4, 0.5) is 0 Å².